The van der Waals surface area contributed by atoms with Gasteiger partial charge in [-0.05, 0) is 68.7 Å². The molecule has 1 aromatic heterocycles. The van der Waals surface area contributed by atoms with Crippen molar-refractivity contribution in [3.8, 4) is 0 Å². The first kappa shape index (κ1) is 31.3. The molecule has 0 saturated carbocycles. The minimum atomic E-state index is -4.59. The van der Waals surface area contributed by atoms with Gasteiger partial charge in [-0.25, -0.2) is 0 Å². The average Bonchev–Trinajstić information content (AvgIpc) is 3.21. The first-order chi connectivity index (χ1) is 19.2. The molecular formula is C28H29F3N4O5S. The largest absolute Gasteiger partial charge is 0.480 e. The molecule has 0 saturated heterocycles. The summed E-state index contributed by atoms with van der Waals surface area (Å²) < 4.78 is 40.6. The van der Waals surface area contributed by atoms with Gasteiger partial charge in [-0.15, -0.1) is 0 Å². The van der Waals surface area contributed by atoms with Crippen LogP contribution in [0.15, 0.2) is 53.5 Å². The molecule has 0 aliphatic rings. The van der Waals surface area contributed by atoms with E-state index in [1.807, 2.05) is 13.8 Å². The van der Waals surface area contributed by atoms with Crippen LogP contribution in [-0.2, 0) is 17.5 Å². The van der Waals surface area contributed by atoms with Crippen LogP contribution in [0.1, 0.15) is 68.8 Å². The Hall–Kier alpha value is -4.26. The third kappa shape index (κ3) is 8.13. The number of halogens is 3. The van der Waals surface area contributed by atoms with Gasteiger partial charge in [0, 0.05) is 29.1 Å². The molecule has 2 aromatic carbocycles. The van der Waals surface area contributed by atoms with Crippen molar-refractivity contribution in [1.29, 1.82) is 0 Å². The third-order valence-electron chi connectivity index (χ3n) is 6.05. The number of aromatic nitrogens is 1. The van der Waals surface area contributed by atoms with Crippen molar-refractivity contribution >= 4 is 40.7 Å². The second kappa shape index (κ2) is 12.9. The van der Waals surface area contributed by atoms with Crippen molar-refractivity contribution in [3.05, 3.63) is 80.6 Å². The summed E-state index contributed by atoms with van der Waals surface area (Å²) >= 11 is 0.968. The molecule has 0 aliphatic carbocycles. The number of benzene rings is 2. The summed E-state index contributed by atoms with van der Waals surface area (Å²) in [6, 6.07) is 8.58. The maximum atomic E-state index is 13.0. The predicted molar refractivity (Wildman–Crippen MR) is 147 cm³/mol. The summed E-state index contributed by atoms with van der Waals surface area (Å²) in [6.45, 7) is 7.58. The van der Waals surface area contributed by atoms with Crippen LogP contribution >= 0.6 is 11.3 Å². The topological polar surface area (TPSA) is 130 Å². The van der Waals surface area contributed by atoms with Gasteiger partial charge in [-0.1, -0.05) is 31.3 Å². The molecule has 41 heavy (non-hydrogen) atoms. The van der Waals surface area contributed by atoms with Crippen LogP contribution in [0.25, 0.3) is 0 Å². The Morgan fingerprint density at radius 3 is 2.24 bits per heavy atom. The Morgan fingerprint density at radius 1 is 1.00 bits per heavy atom. The highest BCUT2D eigenvalue weighted by Crippen LogP contribution is 2.29. The zero-order valence-electron chi connectivity index (χ0n) is 22.7. The van der Waals surface area contributed by atoms with Gasteiger partial charge < -0.3 is 20.3 Å². The first-order valence-corrected chi connectivity index (χ1v) is 13.4. The Morgan fingerprint density at radius 2 is 1.66 bits per heavy atom. The van der Waals surface area contributed by atoms with Crippen LogP contribution in [-0.4, -0.2) is 39.4 Å². The van der Waals surface area contributed by atoms with E-state index in [4.69, 9.17) is 5.11 Å². The van der Waals surface area contributed by atoms with Crippen molar-refractivity contribution in [1.82, 2.24) is 9.88 Å². The highest BCUT2D eigenvalue weighted by atomic mass is 32.1. The fourth-order valence-corrected chi connectivity index (χ4v) is 4.70. The highest BCUT2D eigenvalue weighted by molar-refractivity contribution is 7.11. The van der Waals surface area contributed by atoms with E-state index in [-0.39, 0.29) is 26.5 Å². The van der Waals surface area contributed by atoms with Gasteiger partial charge in [-0.3, -0.25) is 19.2 Å². The number of amides is 3. The molecule has 218 valence electrons. The highest BCUT2D eigenvalue weighted by Gasteiger charge is 2.31. The molecular weight excluding hydrogens is 561 g/mol. The SMILES string of the molecule is Cc1c(C(=O)N[C@@H](C)C(=O)O)sc(=NC(=O)c2ccc(NC(=O)c3cccc(C(F)(F)F)c3)cc2)n1CCC(C)C. The third-order valence-corrected chi connectivity index (χ3v) is 7.23. The van der Waals surface area contributed by atoms with E-state index in [2.05, 4.69) is 15.6 Å². The van der Waals surface area contributed by atoms with Gasteiger partial charge in [0.25, 0.3) is 17.7 Å². The van der Waals surface area contributed by atoms with Gasteiger partial charge in [-0.2, -0.15) is 18.2 Å². The van der Waals surface area contributed by atoms with Crippen LogP contribution in [0.2, 0.25) is 0 Å². The fourth-order valence-electron chi connectivity index (χ4n) is 3.64. The van der Waals surface area contributed by atoms with Gasteiger partial charge in [0.2, 0.25) is 0 Å². The van der Waals surface area contributed by atoms with Gasteiger partial charge in [0.15, 0.2) is 4.80 Å². The monoisotopic (exact) mass is 590 g/mol. The lowest BCUT2D eigenvalue weighted by molar-refractivity contribution is -0.139. The van der Waals surface area contributed by atoms with E-state index in [1.165, 1.54) is 37.3 Å². The second-order valence-electron chi connectivity index (χ2n) is 9.69. The second-order valence-corrected chi connectivity index (χ2v) is 10.7. The summed E-state index contributed by atoms with van der Waals surface area (Å²) in [6.07, 6.45) is -3.84. The van der Waals surface area contributed by atoms with Crippen LogP contribution in [0, 0.1) is 12.8 Å². The molecule has 0 fully saturated rings. The number of hydrogen-bond acceptors (Lipinski definition) is 5. The van der Waals surface area contributed by atoms with Crippen molar-refractivity contribution in [2.24, 2.45) is 10.9 Å². The Labute approximate surface area is 237 Å². The standard InChI is InChI=1S/C28H29F3N4O5S/c1-15(2)12-13-35-17(4)22(25(38)32-16(3)26(39)40)41-27(35)34-23(36)18-8-10-21(11-9-18)33-24(37)19-6-5-7-20(14-19)28(29,30)31/h5-11,14-16H,12-13H2,1-4H3,(H,32,38)(H,33,37)(H,39,40)/t16-/m0/s1. The lowest BCUT2D eigenvalue weighted by Gasteiger charge is -2.10. The molecule has 3 amide bonds. The number of anilines is 1. The number of thiazole rings is 1. The normalized spacial score (nSPS) is 12.7. The summed E-state index contributed by atoms with van der Waals surface area (Å²) in [5.74, 6) is -2.81. The van der Waals surface area contributed by atoms with Crippen LogP contribution in [0.3, 0.4) is 0 Å². The first-order valence-electron chi connectivity index (χ1n) is 12.6. The van der Waals surface area contributed by atoms with Crippen molar-refractivity contribution in [2.75, 3.05) is 5.32 Å². The van der Waals surface area contributed by atoms with Crippen LogP contribution < -0.4 is 15.4 Å². The number of aliphatic carboxylic acids is 1. The summed E-state index contributed by atoms with van der Waals surface area (Å²) in [7, 11) is 0. The number of alkyl halides is 3. The van der Waals surface area contributed by atoms with E-state index in [0.29, 0.717) is 18.2 Å². The van der Waals surface area contributed by atoms with E-state index >= 15 is 0 Å². The van der Waals surface area contributed by atoms with Crippen molar-refractivity contribution in [3.63, 3.8) is 0 Å². The van der Waals surface area contributed by atoms with E-state index in [1.54, 1.807) is 11.5 Å². The molecule has 0 unspecified atom stereocenters. The lowest BCUT2D eigenvalue weighted by Crippen LogP contribution is -2.38. The van der Waals surface area contributed by atoms with Gasteiger partial charge in [0.05, 0.1) is 5.56 Å². The van der Waals surface area contributed by atoms with E-state index in [0.717, 1.165) is 36.0 Å². The molecule has 3 rings (SSSR count). The molecule has 3 aromatic rings. The fraction of sp³-hybridized carbons (Fsp3) is 0.321. The number of nitrogens with zero attached hydrogens (tertiary/aromatic N) is 2. The Kier molecular flexibility index (Phi) is 9.87. The molecule has 13 heteroatoms. The minimum Gasteiger partial charge on any atom is -0.480 e. The smallest absolute Gasteiger partial charge is 0.416 e. The molecule has 9 nitrogen and oxygen atoms in total. The zero-order valence-corrected chi connectivity index (χ0v) is 23.5. The molecule has 0 aliphatic heterocycles. The summed E-state index contributed by atoms with van der Waals surface area (Å²) in [5.41, 5.74) is -0.140. The number of rotatable bonds is 9. The molecule has 1 heterocycles. The molecule has 0 spiro atoms. The van der Waals surface area contributed by atoms with Crippen LogP contribution in [0.4, 0.5) is 18.9 Å². The average molecular weight is 591 g/mol. The summed E-state index contributed by atoms with van der Waals surface area (Å²) in [5, 5.41) is 14.0. The number of carboxylic acids is 1. The number of carbonyl (C=O) groups excluding carboxylic acids is 3. The predicted octanol–water partition coefficient (Wildman–Crippen LogP) is 5.12. The van der Waals surface area contributed by atoms with E-state index in [9.17, 15) is 32.3 Å². The maximum Gasteiger partial charge on any atom is 0.416 e. The molecule has 1 atom stereocenters. The Balaban J connectivity index is 1.84. The molecule has 3 N–H and O–H groups in total. The number of nitrogens with one attached hydrogen (secondary N) is 2. The van der Waals surface area contributed by atoms with Gasteiger partial charge >= 0.3 is 12.1 Å². The minimum absolute atomic E-state index is 0.174. The number of carboxylic acid groups (broad SMARTS) is 1. The molecule has 0 bridgehead atoms. The van der Waals surface area contributed by atoms with E-state index < -0.39 is 41.5 Å². The molecule has 0 radical (unpaired) electrons. The summed E-state index contributed by atoms with van der Waals surface area (Å²) in [4.78, 5) is 54.1. The Bertz CT molecular complexity index is 1520. The number of carbonyl (C=O) groups is 4. The van der Waals surface area contributed by atoms with Crippen molar-refractivity contribution in [2.45, 2.75) is 52.9 Å². The maximum absolute atomic E-state index is 13.0. The zero-order chi connectivity index (χ0) is 30.5. The van der Waals surface area contributed by atoms with Crippen molar-refractivity contribution < 1.29 is 37.5 Å². The lowest BCUT2D eigenvalue weighted by atomic mass is 10.1. The quantitative estimate of drug-likeness (QED) is 0.319. The number of hydrogen-bond donors (Lipinski definition) is 3. The van der Waals surface area contributed by atoms with Crippen LogP contribution in [0.5, 0.6) is 0 Å². The van der Waals surface area contributed by atoms with Gasteiger partial charge in [0.1, 0.15) is 10.9 Å².